The fourth-order valence-corrected chi connectivity index (χ4v) is 2.64. The van der Waals surface area contributed by atoms with Gasteiger partial charge in [-0.15, -0.1) is 0 Å². The smallest absolute Gasteiger partial charge is 0.338 e. The normalized spacial score (nSPS) is 17.6. The Labute approximate surface area is 135 Å². The number of hydrogen-bond acceptors (Lipinski definition) is 4. The van der Waals surface area contributed by atoms with Gasteiger partial charge >= 0.3 is 12.0 Å². The topological polar surface area (TPSA) is 76.7 Å². The number of nitrogens with one attached hydrogen (secondary N) is 2. The highest BCUT2D eigenvalue weighted by atomic mass is 16.6. The van der Waals surface area contributed by atoms with Crippen LogP contribution in [-0.4, -0.2) is 32.3 Å². The zero-order valence-corrected chi connectivity index (χ0v) is 13.9. The van der Waals surface area contributed by atoms with Crippen LogP contribution >= 0.6 is 0 Å². The average molecular weight is 318 g/mol. The maximum atomic E-state index is 12.4. The third-order valence-electron chi connectivity index (χ3n) is 3.75. The Morgan fingerprint density at radius 1 is 1.22 bits per heavy atom. The standard InChI is InChI=1S/C17H22N2O4/c1-10-5-6-13(11(2)9-10)15-14(12(3)18-17(21)19-15)16(20)23-8-7-22-4/h5-6,9,15H,7-8H2,1-4H3,(H2,18,19,21)/t15-/m1/s1. The van der Waals surface area contributed by atoms with E-state index in [4.69, 9.17) is 9.47 Å². The Balaban J connectivity index is 2.36. The number of amides is 2. The summed E-state index contributed by atoms with van der Waals surface area (Å²) in [4.78, 5) is 24.3. The molecule has 1 aromatic rings. The van der Waals surface area contributed by atoms with E-state index in [1.807, 2.05) is 32.0 Å². The first kappa shape index (κ1) is 17.0. The van der Waals surface area contributed by atoms with Gasteiger partial charge in [-0.2, -0.15) is 0 Å². The van der Waals surface area contributed by atoms with E-state index in [0.717, 1.165) is 16.7 Å². The summed E-state index contributed by atoms with van der Waals surface area (Å²) in [5.41, 5.74) is 3.92. The molecule has 0 spiro atoms. The molecule has 2 amide bonds. The van der Waals surface area contributed by atoms with Crippen molar-refractivity contribution >= 4 is 12.0 Å². The summed E-state index contributed by atoms with van der Waals surface area (Å²) < 4.78 is 10.1. The Morgan fingerprint density at radius 3 is 2.61 bits per heavy atom. The first-order chi connectivity index (χ1) is 10.9. The largest absolute Gasteiger partial charge is 0.460 e. The fraction of sp³-hybridized carbons (Fsp3) is 0.412. The van der Waals surface area contributed by atoms with Gasteiger partial charge in [0.25, 0.3) is 0 Å². The van der Waals surface area contributed by atoms with Gasteiger partial charge in [0.15, 0.2) is 0 Å². The van der Waals surface area contributed by atoms with Crippen LogP contribution in [-0.2, 0) is 14.3 Å². The van der Waals surface area contributed by atoms with Gasteiger partial charge < -0.3 is 20.1 Å². The second-order valence-corrected chi connectivity index (χ2v) is 5.56. The fourth-order valence-electron chi connectivity index (χ4n) is 2.64. The van der Waals surface area contributed by atoms with Gasteiger partial charge in [0.05, 0.1) is 18.2 Å². The average Bonchev–Trinajstić information content (AvgIpc) is 2.46. The van der Waals surface area contributed by atoms with Gasteiger partial charge in [-0.1, -0.05) is 23.8 Å². The van der Waals surface area contributed by atoms with Crippen LogP contribution in [0.1, 0.15) is 29.7 Å². The molecule has 2 rings (SSSR count). The molecule has 23 heavy (non-hydrogen) atoms. The predicted molar refractivity (Wildman–Crippen MR) is 85.9 cm³/mol. The van der Waals surface area contributed by atoms with E-state index >= 15 is 0 Å². The van der Waals surface area contributed by atoms with E-state index < -0.39 is 12.0 Å². The van der Waals surface area contributed by atoms with Crippen LogP contribution < -0.4 is 10.6 Å². The van der Waals surface area contributed by atoms with Crippen molar-refractivity contribution in [2.75, 3.05) is 20.3 Å². The van der Waals surface area contributed by atoms with Crippen molar-refractivity contribution in [1.82, 2.24) is 10.6 Å². The van der Waals surface area contributed by atoms with E-state index in [2.05, 4.69) is 10.6 Å². The quantitative estimate of drug-likeness (QED) is 0.644. The maximum Gasteiger partial charge on any atom is 0.338 e. The third-order valence-corrected chi connectivity index (χ3v) is 3.75. The van der Waals surface area contributed by atoms with Gasteiger partial charge in [-0.05, 0) is 31.9 Å². The molecular formula is C17H22N2O4. The molecule has 6 heteroatoms. The molecule has 1 heterocycles. The van der Waals surface area contributed by atoms with Gasteiger partial charge in [-0.3, -0.25) is 0 Å². The van der Waals surface area contributed by atoms with Crippen LogP contribution in [0.25, 0.3) is 0 Å². The number of hydrogen-bond donors (Lipinski definition) is 2. The van der Waals surface area contributed by atoms with E-state index in [1.54, 1.807) is 14.0 Å². The van der Waals surface area contributed by atoms with E-state index in [1.165, 1.54) is 0 Å². The van der Waals surface area contributed by atoms with Crippen LogP contribution in [0, 0.1) is 13.8 Å². The zero-order chi connectivity index (χ0) is 17.0. The summed E-state index contributed by atoms with van der Waals surface area (Å²) >= 11 is 0. The Hall–Kier alpha value is -2.34. The maximum absolute atomic E-state index is 12.4. The molecule has 0 unspecified atom stereocenters. The second-order valence-electron chi connectivity index (χ2n) is 5.56. The minimum Gasteiger partial charge on any atom is -0.460 e. The predicted octanol–water partition coefficient (Wildman–Crippen LogP) is 2.12. The van der Waals surface area contributed by atoms with E-state index in [-0.39, 0.29) is 12.6 Å². The molecule has 0 saturated heterocycles. The van der Waals surface area contributed by atoms with Gasteiger partial charge in [-0.25, -0.2) is 9.59 Å². The van der Waals surface area contributed by atoms with Crippen LogP contribution in [0.2, 0.25) is 0 Å². The molecule has 1 aliphatic rings. The van der Waals surface area contributed by atoms with Crippen molar-refractivity contribution in [3.05, 3.63) is 46.2 Å². The summed E-state index contributed by atoms with van der Waals surface area (Å²) in [6.45, 7) is 6.15. The number of ether oxygens (including phenoxy) is 2. The van der Waals surface area contributed by atoms with Crippen molar-refractivity contribution in [3.63, 3.8) is 0 Å². The SMILES string of the molecule is COCCOC(=O)C1=C(C)NC(=O)N[C@@H]1c1ccc(C)cc1C. The number of benzene rings is 1. The summed E-state index contributed by atoms with van der Waals surface area (Å²) in [5, 5.41) is 5.43. The Bertz CT molecular complexity index is 652. The summed E-state index contributed by atoms with van der Waals surface area (Å²) in [7, 11) is 1.54. The van der Waals surface area contributed by atoms with Gasteiger partial charge in [0, 0.05) is 12.8 Å². The molecule has 6 nitrogen and oxygen atoms in total. The van der Waals surface area contributed by atoms with E-state index in [0.29, 0.717) is 17.9 Å². The number of rotatable bonds is 5. The van der Waals surface area contributed by atoms with Crippen molar-refractivity contribution in [2.24, 2.45) is 0 Å². The minimum atomic E-state index is -0.528. The third kappa shape index (κ3) is 3.90. The molecule has 1 aromatic carbocycles. The second kappa shape index (κ2) is 7.28. The molecule has 0 fully saturated rings. The molecule has 0 aromatic heterocycles. The Morgan fingerprint density at radius 2 is 1.96 bits per heavy atom. The monoisotopic (exact) mass is 318 g/mol. The molecule has 1 aliphatic heterocycles. The summed E-state index contributed by atoms with van der Waals surface area (Å²) in [6.07, 6.45) is 0. The van der Waals surface area contributed by atoms with Crippen molar-refractivity contribution in [1.29, 1.82) is 0 Å². The van der Waals surface area contributed by atoms with Crippen LogP contribution in [0.5, 0.6) is 0 Å². The summed E-state index contributed by atoms with van der Waals surface area (Å²) in [6, 6.07) is 5.05. The molecule has 0 radical (unpaired) electrons. The number of aryl methyl sites for hydroxylation is 2. The highest BCUT2D eigenvalue weighted by molar-refractivity contribution is 5.95. The molecule has 1 atom stereocenters. The van der Waals surface area contributed by atoms with Gasteiger partial charge in [0.2, 0.25) is 0 Å². The van der Waals surface area contributed by atoms with Crippen molar-refractivity contribution < 1.29 is 19.1 Å². The highest BCUT2D eigenvalue weighted by Gasteiger charge is 2.32. The van der Waals surface area contributed by atoms with Crippen LogP contribution in [0.3, 0.4) is 0 Å². The van der Waals surface area contributed by atoms with Crippen LogP contribution in [0.4, 0.5) is 4.79 Å². The first-order valence-electron chi connectivity index (χ1n) is 7.45. The lowest BCUT2D eigenvalue weighted by Gasteiger charge is -2.29. The first-order valence-corrected chi connectivity index (χ1v) is 7.45. The summed E-state index contributed by atoms with van der Waals surface area (Å²) in [5.74, 6) is -0.461. The van der Waals surface area contributed by atoms with Crippen LogP contribution in [0.15, 0.2) is 29.5 Å². The number of carbonyl (C=O) groups excluding carboxylic acids is 2. The number of urea groups is 1. The lowest BCUT2D eigenvalue weighted by Crippen LogP contribution is -2.45. The minimum absolute atomic E-state index is 0.166. The molecule has 124 valence electrons. The number of esters is 1. The number of carbonyl (C=O) groups is 2. The van der Waals surface area contributed by atoms with Crippen molar-refractivity contribution in [2.45, 2.75) is 26.8 Å². The number of methoxy groups -OCH3 is 1. The molecule has 0 bridgehead atoms. The van der Waals surface area contributed by atoms with Gasteiger partial charge in [0.1, 0.15) is 6.61 Å². The molecular weight excluding hydrogens is 296 g/mol. The molecule has 0 aliphatic carbocycles. The lowest BCUT2D eigenvalue weighted by atomic mass is 9.91. The number of allylic oxidation sites excluding steroid dienone is 1. The van der Waals surface area contributed by atoms with Crippen molar-refractivity contribution in [3.8, 4) is 0 Å². The molecule has 2 N–H and O–H groups in total. The zero-order valence-electron chi connectivity index (χ0n) is 13.9. The Kier molecular flexibility index (Phi) is 5.39. The molecule has 0 saturated carbocycles. The lowest BCUT2D eigenvalue weighted by molar-refractivity contribution is -0.140. The highest BCUT2D eigenvalue weighted by Crippen LogP contribution is 2.30. The van der Waals surface area contributed by atoms with E-state index in [9.17, 15) is 9.59 Å².